The summed E-state index contributed by atoms with van der Waals surface area (Å²) in [4.78, 5) is 27.0. The summed E-state index contributed by atoms with van der Waals surface area (Å²) in [6, 6.07) is 8.91. The molecule has 2 N–H and O–H groups in total. The van der Waals surface area contributed by atoms with E-state index in [1.807, 2.05) is 24.3 Å². The third-order valence-corrected chi connectivity index (χ3v) is 4.76. The Labute approximate surface area is 162 Å². The summed E-state index contributed by atoms with van der Waals surface area (Å²) in [5.74, 6) is -0.302. The number of carbonyl (C=O) groups is 2. The Hall–Kier alpha value is -2.24. The summed E-state index contributed by atoms with van der Waals surface area (Å²) in [6.45, 7) is 13.1. The fraction of sp³-hybridized carbons (Fsp3) is 0.619. The lowest BCUT2D eigenvalue weighted by molar-refractivity contribution is -0.121. The van der Waals surface area contributed by atoms with Gasteiger partial charge in [0, 0.05) is 23.5 Å². The fourth-order valence-electron chi connectivity index (χ4n) is 3.32. The molecule has 6 nitrogen and oxygen atoms in total. The van der Waals surface area contributed by atoms with Gasteiger partial charge in [-0.1, -0.05) is 0 Å². The second kappa shape index (κ2) is 7.79. The predicted molar refractivity (Wildman–Crippen MR) is 109 cm³/mol. The van der Waals surface area contributed by atoms with Crippen molar-refractivity contribution in [2.45, 2.75) is 84.5 Å². The zero-order valence-electron chi connectivity index (χ0n) is 17.6. The largest absolute Gasteiger partial charge is 0.444 e. The van der Waals surface area contributed by atoms with Crippen LogP contribution in [0.25, 0.3) is 0 Å². The van der Waals surface area contributed by atoms with Crippen molar-refractivity contribution in [3.05, 3.63) is 24.3 Å². The molecule has 1 fully saturated rings. The fourth-order valence-corrected chi connectivity index (χ4v) is 3.32. The molecule has 1 aromatic carbocycles. The Morgan fingerprint density at radius 1 is 1.00 bits per heavy atom. The molecule has 2 atom stereocenters. The molecule has 1 aliphatic rings. The van der Waals surface area contributed by atoms with Gasteiger partial charge in [-0.15, -0.1) is 0 Å². The van der Waals surface area contributed by atoms with Crippen LogP contribution in [-0.2, 0) is 9.53 Å². The second-order valence-electron chi connectivity index (χ2n) is 8.94. The number of carbonyl (C=O) groups excluding carboxylic acids is 2. The second-order valence-corrected chi connectivity index (χ2v) is 8.94. The van der Waals surface area contributed by atoms with Crippen molar-refractivity contribution in [1.82, 2.24) is 5.32 Å². The van der Waals surface area contributed by atoms with E-state index in [-0.39, 0.29) is 5.91 Å². The first-order chi connectivity index (χ1) is 12.4. The maximum absolute atomic E-state index is 12.6. The van der Waals surface area contributed by atoms with E-state index in [2.05, 4.69) is 29.4 Å². The Morgan fingerprint density at radius 3 is 2.00 bits per heavy atom. The molecule has 0 aromatic heterocycles. The molecule has 1 heterocycles. The number of hydrogen-bond acceptors (Lipinski definition) is 4. The normalized spacial score (nSPS) is 20.3. The van der Waals surface area contributed by atoms with Gasteiger partial charge in [-0.05, 0) is 85.6 Å². The van der Waals surface area contributed by atoms with Crippen LogP contribution in [0.5, 0.6) is 0 Å². The first-order valence-corrected chi connectivity index (χ1v) is 9.60. The van der Waals surface area contributed by atoms with Crippen LogP contribution in [0.1, 0.15) is 61.3 Å². The minimum absolute atomic E-state index is 0.302. The van der Waals surface area contributed by atoms with Crippen LogP contribution in [-0.4, -0.2) is 35.2 Å². The van der Waals surface area contributed by atoms with Gasteiger partial charge in [0.05, 0.1) is 0 Å². The number of nitrogens with one attached hydrogen (secondary N) is 2. The van der Waals surface area contributed by atoms with Crippen molar-refractivity contribution in [3.63, 3.8) is 0 Å². The number of benzene rings is 1. The lowest BCUT2D eigenvalue weighted by Gasteiger charge is -2.29. The van der Waals surface area contributed by atoms with Crippen molar-refractivity contribution < 1.29 is 14.3 Å². The first-order valence-electron chi connectivity index (χ1n) is 9.60. The summed E-state index contributed by atoms with van der Waals surface area (Å²) in [6.07, 6.45) is 1.78. The van der Waals surface area contributed by atoms with E-state index in [1.165, 1.54) is 12.8 Å². The third-order valence-electron chi connectivity index (χ3n) is 4.76. The minimum Gasteiger partial charge on any atom is -0.444 e. The van der Waals surface area contributed by atoms with E-state index >= 15 is 0 Å². The first kappa shape index (κ1) is 21.1. The molecule has 6 heteroatoms. The monoisotopic (exact) mass is 375 g/mol. The summed E-state index contributed by atoms with van der Waals surface area (Å²) >= 11 is 0. The Bertz CT molecular complexity index is 667. The Kier molecular flexibility index (Phi) is 6.07. The number of amides is 2. The maximum Gasteiger partial charge on any atom is 0.408 e. The number of ether oxygens (including phenoxy) is 1. The summed E-state index contributed by atoms with van der Waals surface area (Å²) in [5.41, 5.74) is 0.147. The van der Waals surface area contributed by atoms with E-state index in [4.69, 9.17) is 4.74 Å². The SMILES string of the molecule is CC1CCC(C)N1c1ccc(NC(=O)C(C)(C)NC(=O)OC(C)(C)C)cc1. The van der Waals surface area contributed by atoms with Crippen LogP contribution in [0.2, 0.25) is 0 Å². The number of rotatable bonds is 4. The number of alkyl carbamates (subject to hydrolysis) is 1. The number of hydrogen-bond donors (Lipinski definition) is 2. The molecule has 0 aliphatic carbocycles. The van der Waals surface area contributed by atoms with Crippen molar-refractivity contribution in [3.8, 4) is 0 Å². The Morgan fingerprint density at radius 2 is 1.52 bits per heavy atom. The van der Waals surface area contributed by atoms with Crippen LogP contribution in [0.3, 0.4) is 0 Å². The summed E-state index contributed by atoms with van der Waals surface area (Å²) in [5, 5.41) is 5.48. The molecule has 0 spiro atoms. The van der Waals surface area contributed by atoms with Gasteiger partial charge in [-0.3, -0.25) is 4.79 Å². The zero-order valence-corrected chi connectivity index (χ0v) is 17.6. The highest BCUT2D eigenvalue weighted by Crippen LogP contribution is 2.30. The lowest BCUT2D eigenvalue weighted by atomic mass is 10.0. The Balaban J connectivity index is 1.99. The van der Waals surface area contributed by atoms with Gasteiger partial charge in [-0.25, -0.2) is 4.79 Å². The van der Waals surface area contributed by atoms with Crippen LogP contribution in [0, 0.1) is 0 Å². The zero-order chi connectivity index (χ0) is 20.4. The molecular weight excluding hydrogens is 342 g/mol. The molecule has 1 aromatic rings. The van der Waals surface area contributed by atoms with Gasteiger partial charge in [-0.2, -0.15) is 0 Å². The van der Waals surface area contributed by atoms with E-state index in [0.717, 1.165) is 5.69 Å². The average Bonchev–Trinajstić information content (AvgIpc) is 2.84. The van der Waals surface area contributed by atoms with E-state index < -0.39 is 17.2 Å². The molecule has 27 heavy (non-hydrogen) atoms. The van der Waals surface area contributed by atoms with Crippen molar-refractivity contribution in [2.24, 2.45) is 0 Å². The van der Waals surface area contributed by atoms with E-state index in [0.29, 0.717) is 17.8 Å². The number of anilines is 2. The van der Waals surface area contributed by atoms with Gasteiger partial charge >= 0.3 is 6.09 Å². The van der Waals surface area contributed by atoms with E-state index in [9.17, 15) is 9.59 Å². The molecular formula is C21H33N3O3. The van der Waals surface area contributed by atoms with Gasteiger partial charge in [0.2, 0.25) is 5.91 Å². The molecule has 2 rings (SSSR count). The van der Waals surface area contributed by atoms with Crippen molar-refractivity contribution in [1.29, 1.82) is 0 Å². The highest BCUT2D eigenvalue weighted by atomic mass is 16.6. The smallest absolute Gasteiger partial charge is 0.408 e. The summed E-state index contributed by atoms with van der Waals surface area (Å²) in [7, 11) is 0. The summed E-state index contributed by atoms with van der Waals surface area (Å²) < 4.78 is 5.23. The van der Waals surface area contributed by atoms with Crippen LogP contribution < -0.4 is 15.5 Å². The van der Waals surface area contributed by atoms with Gasteiger partial charge in [0.25, 0.3) is 0 Å². The topological polar surface area (TPSA) is 70.7 Å². The van der Waals surface area contributed by atoms with Crippen LogP contribution in [0.15, 0.2) is 24.3 Å². The molecule has 0 bridgehead atoms. The highest BCUT2D eigenvalue weighted by molar-refractivity contribution is 5.99. The molecule has 2 amide bonds. The molecule has 0 saturated carbocycles. The van der Waals surface area contributed by atoms with Crippen molar-refractivity contribution in [2.75, 3.05) is 10.2 Å². The molecule has 2 unspecified atom stereocenters. The highest BCUT2D eigenvalue weighted by Gasteiger charge is 2.32. The van der Waals surface area contributed by atoms with Gasteiger partial charge < -0.3 is 20.3 Å². The van der Waals surface area contributed by atoms with Crippen LogP contribution in [0.4, 0.5) is 16.2 Å². The van der Waals surface area contributed by atoms with E-state index in [1.54, 1.807) is 34.6 Å². The van der Waals surface area contributed by atoms with Gasteiger partial charge in [0.1, 0.15) is 11.1 Å². The number of nitrogens with zero attached hydrogens (tertiary/aromatic N) is 1. The third kappa shape index (κ3) is 5.62. The quantitative estimate of drug-likeness (QED) is 0.823. The predicted octanol–water partition coefficient (Wildman–Crippen LogP) is 4.31. The van der Waals surface area contributed by atoms with Crippen LogP contribution >= 0.6 is 0 Å². The van der Waals surface area contributed by atoms with Gasteiger partial charge in [0.15, 0.2) is 0 Å². The molecule has 1 aliphatic heterocycles. The van der Waals surface area contributed by atoms with Crippen molar-refractivity contribution >= 4 is 23.4 Å². The molecule has 1 saturated heterocycles. The maximum atomic E-state index is 12.6. The standard InChI is InChI=1S/C21H33N3O3/c1-14-8-9-15(2)24(14)17-12-10-16(11-13-17)22-18(25)21(6,7)23-19(26)27-20(3,4)5/h10-15H,8-9H2,1-7H3,(H,22,25)(H,23,26). The lowest BCUT2D eigenvalue weighted by Crippen LogP contribution is -2.53. The molecule has 0 radical (unpaired) electrons. The molecule has 150 valence electrons. The minimum atomic E-state index is -1.10. The average molecular weight is 376 g/mol.